The van der Waals surface area contributed by atoms with Gasteiger partial charge in [0.2, 0.25) is 11.8 Å². The van der Waals surface area contributed by atoms with Crippen molar-refractivity contribution in [3.8, 4) is 0 Å². The zero-order chi connectivity index (χ0) is 19.9. The van der Waals surface area contributed by atoms with Gasteiger partial charge >= 0.3 is 6.18 Å². The van der Waals surface area contributed by atoms with Crippen LogP contribution in [0.25, 0.3) is 0 Å². The van der Waals surface area contributed by atoms with E-state index in [-0.39, 0.29) is 21.8 Å². The second-order valence-electron chi connectivity index (χ2n) is 5.35. The minimum absolute atomic E-state index is 0.0339. The third kappa shape index (κ3) is 3.47. The molecular weight excluding hydrogens is 387 g/mol. The molecule has 2 aromatic rings. The molecule has 140 valence electrons. The van der Waals surface area contributed by atoms with Crippen LogP contribution in [-0.4, -0.2) is 50.9 Å². The van der Waals surface area contributed by atoms with Gasteiger partial charge < -0.3 is 0 Å². The minimum Gasteiger partial charge on any atom is -0.290 e. The summed E-state index contributed by atoms with van der Waals surface area (Å²) in [5, 5.41) is 1.93. The van der Waals surface area contributed by atoms with Crippen LogP contribution in [0, 0.1) is 0 Å². The average molecular weight is 397 g/mol. The van der Waals surface area contributed by atoms with Crippen molar-refractivity contribution in [3.63, 3.8) is 0 Å². The first-order chi connectivity index (χ1) is 12.6. The standard InChI is InChI=1S/C15H10F3N5O3S/c1-23-10(25)7-4-3-6(5-8(7)11(23)26)9(24)19-13-20-12(15(16,17)18)21-14(22-13)27-2/h3-5H,1-2H3,(H,19,20,21,22,24). The topological polar surface area (TPSA) is 105 Å². The maximum Gasteiger partial charge on any atom is 0.451 e. The largest absolute Gasteiger partial charge is 0.451 e. The number of benzene rings is 1. The molecule has 3 amide bonds. The lowest BCUT2D eigenvalue weighted by atomic mass is 10.1. The molecule has 0 fully saturated rings. The number of nitrogens with zero attached hydrogens (tertiary/aromatic N) is 4. The SMILES string of the molecule is CSc1nc(NC(=O)c2ccc3c(c2)C(=O)N(C)C3=O)nc(C(F)(F)F)n1. The van der Waals surface area contributed by atoms with Crippen molar-refractivity contribution in [2.45, 2.75) is 11.3 Å². The van der Waals surface area contributed by atoms with E-state index in [1.807, 2.05) is 0 Å². The summed E-state index contributed by atoms with van der Waals surface area (Å²) in [5.41, 5.74) is 0.139. The number of hydrogen-bond donors (Lipinski definition) is 1. The Balaban J connectivity index is 1.91. The van der Waals surface area contributed by atoms with Crippen molar-refractivity contribution in [1.82, 2.24) is 19.9 Å². The Morgan fingerprint density at radius 3 is 2.41 bits per heavy atom. The highest BCUT2D eigenvalue weighted by Gasteiger charge is 2.36. The Kier molecular flexibility index (Phi) is 4.59. The highest BCUT2D eigenvalue weighted by Crippen LogP contribution is 2.28. The monoisotopic (exact) mass is 397 g/mol. The molecule has 0 unspecified atom stereocenters. The van der Waals surface area contributed by atoms with Crippen LogP contribution < -0.4 is 5.32 Å². The van der Waals surface area contributed by atoms with Gasteiger partial charge in [0.15, 0.2) is 5.16 Å². The van der Waals surface area contributed by atoms with Crippen LogP contribution in [0.4, 0.5) is 19.1 Å². The van der Waals surface area contributed by atoms with Crippen LogP contribution in [0.15, 0.2) is 23.4 Å². The molecule has 0 radical (unpaired) electrons. The summed E-state index contributed by atoms with van der Waals surface area (Å²) in [5.74, 6) is -3.92. The van der Waals surface area contributed by atoms with Gasteiger partial charge in [0.25, 0.3) is 17.7 Å². The van der Waals surface area contributed by atoms with Crippen molar-refractivity contribution in [2.75, 3.05) is 18.6 Å². The molecule has 3 rings (SSSR count). The quantitative estimate of drug-likeness (QED) is 0.625. The number of carbonyl (C=O) groups is 3. The zero-order valence-corrected chi connectivity index (χ0v) is 14.6. The molecule has 1 aliphatic heterocycles. The lowest BCUT2D eigenvalue weighted by Gasteiger charge is -2.09. The number of aromatic nitrogens is 3. The number of anilines is 1. The third-order valence-electron chi connectivity index (χ3n) is 3.63. The molecule has 27 heavy (non-hydrogen) atoms. The van der Waals surface area contributed by atoms with Crippen molar-refractivity contribution in [2.24, 2.45) is 0 Å². The lowest BCUT2D eigenvalue weighted by molar-refractivity contribution is -0.145. The molecule has 1 N–H and O–H groups in total. The molecule has 0 saturated heterocycles. The Morgan fingerprint density at radius 2 is 1.78 bits per heavy atom. The van der Waals surface area contributed by atoms with Crippen molar-refractivity contribution < 1.29 is 27.6 Å². The van der Waals surface area contributed by atoms with Crippen molar-refractivity contribution >= 4 is 35.4 Å². The highest BCUT2D eigenvalue weighted by molar-refractivity contribution is 7.98. The van der Waals surface area contributed by atoms with Gasteiger partial charge in [-0.2, -0.15) is 28.1 Å². The molecule has 1 aromatic carbocycles. The van der Waals surface area contributed by atoms with E-state index >= 15 is 0 Å². The van der Waals surface area contributed by atoms with Crippen LogP contribution in [0.5, 0.6) is 0 Å². The molecule has 8 nitrogen and oxygen atoms in total. The number of nitrogens with one attached hydrogen (secondary N) is 1. The van der Waals surface area contributed by atoms with Crippen molar-refractivity contribution in [1.29, 1.82) is 0 Å². The molecule has 0 saturated carbocycles. The number of halogens is 3. The summed E-state index contributed by atoms with van der Waals surface area (Å²) in [7, 11) is 1.30. The molecule has 0 spiro atoms. The number of rotatable bonds is 3. The van der Waals surface area contributed by atoms with E-state index in [1.165, 1.54) is 31.5 Å². The number of carbonyl (C=O) groups excluding carboxylic acids is 3. The normalized spacial score (nSPS) is 13.7. The first-order valence-electron chi connectivity index (χ1n) is 7.27. The van der Waals surface area contributed by atoms with Crippen LogP contribution in [-0.2, 0) is 6.18 Å². The van der Waals surface area contributed by atoms with E-state index < -0.39 is 35.7 Å². The van der Waals surface area contributed by atoms with Crippen molar-refractivity contribution in [3.05, 3.63) is 40.7 Å². The van der Waals surface area contributed by atoms with E-state index in [0.717, 1.165) is 16.7 Å². The molecular formula is C15H10F3N5O3S. The molecule has 0 bridgehead atoms. The van der Waals surface area contributed by atoms with E-state index in [0.29, 0.717) is 0 Å². The number of fused-ring (bicyclic) bond motifs is 1. The first-order valence-corrected chi connectivity index (χ1v) is 8.49. The third-order valence-corrected chi connectivity index (χ3v) is 4.18. The van der Waals surface area contributed by atoms with Gasteiger partial charge in [0.05, 0.1) is 11.1 Å². The summed E-state index contributed by atoms with van der Waals surface area (Å²) < 4.78 is 38.6. The number of thioether (sulfide) groups is 1. The molecule has 12 heteroatoms. The molecule has 2 heterocycles. The van der Waals surface area contributed by atoms with Crippen LogP contribution in [0.3, 0.4) is 0 Å². The number of amides is 3. The fourth-order valence-corrected chi connectivity index (χ4v) is 2.66. The second-order valence-corrected chi connectivity index (χ2v) is 6.12. The van der Waals surface area contributed by atoms with Crippen LogP contribution in [0.1, 0.15) is 36.9 Å². The molecule has 0 aliphatic carbocycles. The lowest BCUT2D eigenvalue weighted by Crippen LogP contribution is -2.24. The Labute approximate surface area is 154 Å². The van der Waals surface area contributed by atoms with E-state index in [4.69, 9.17) is 0 Å². The van der Waals surface area contributed by atoms with Gasteiger partial charge in [-0.05, 0) is 24.5 Å². The van der Waals surface area contributed by atoms with E-state index in [1.54, 1.807) is 0 Å². The number of imide groups is 1. The number of alkyl halides is 3. The first kappa shape index (κ1) is 18.8. The van der Waals surface area contributed by atoms with Gasteiger partial charge in [0.1, 0.15) is 0 Å². The Morgan fingerprint density at radius 1 is 1.11 bits per heavy atom. The second kappa shape index (κ2) is 6.61. The maximum atomic E-state index is 12.9. The predicted molar refractivity (Wildman–Crippen MR) is 87.4 cm³/mol. The smallest absolute Gasteiger partial charge is 0.290 e. The average Bonchev–Trinajstić information content (AvgIpc) is 2.84. The van der Waals surface area contributed by atoms with E-state index in [2.05, 4.69) is 20.3 Å². The predicted octanol–water partition coefficient (Wildman–Crippen LogP) is 2.09. The van der Waals surface area contributed by atoms with Crippen LogP contribution >= 0.6 is 11.8 Å². The maximum absolute atomic E-state index is 12.9. The Hall–Kier alpha value is -3.02. The summed E-state index contributed by atoms with van der Waals surface area (Å²) in [6.07, 6.45) is -3.33. The zero-order valence-electron chi connectivity index (χ0n) is 13.8. The van der Waals surface area contributed by atoms with Gasteiger partial charge in [-0.3, -0.25) is 24.6 Å². The van der Waals surface area contributed by atoms with E-state index in [9.17, 15) is 27.6 Å². The van der Waals surface area contributed by atoms with Gasteiger partial charge in [-0.1, -0.05) is 11.8 Å². The summed E-state index contributed by atoms with van der Waals surface area (Å²) >= 11 is 0.852. The minimum atomic E-state index is -4.81. The fraction of sp³-hybridized carbons (Fsp3) is 0.200. The van der Waals surface area contributed by atoms with Gasteiger partial charge in [-0.15, -0.1) is 0 Å². The summed E-state index contributed by atoms with van der Waals surface area (Å²) in [6, 6.07) is 3.77. The van der Waals surface area contributed by atoms with Crippen LogP contribution in [0.2, 0.25) is 0 Å². The van der Waals surface area contributed by atoms with Gasteiger partial charge in [0, 0.05) is 12.6 Å². The summed E-state index contributed by atoms with van der Waals surface area (Å²) in [6.45, 7) is 0. The van der Waals surface area contributed by atoms with Gasteiger partial charge in [-0.25, -0.2) is 0 Å². The molecule has 0 atom stereocenters. The Bertz CT molecular complexity index is 980. The summed E-state index contributed by atoms with van der Waals surface area (Å²) in [4.78, 5) is 47.3. The number of hydrogen-bond acceptors (Lipinski definition) is 7. The highest BCUT2D eigenvalue weighted by atomic mass is 32.2. The molecule has 1 aromatic heterocycles. The molecule has 1 aliphatic rings. The fourth-order valence-electron chi connectivity index (χ4n) is 2.31.